The van der Waals surface area contributed by atoms with E-state index < -0.39 is 0 Å². The lowest BCUT2D eigenvalue weighted by Gasteiger charge is -2.24. The number of likely N-dealkylation sites (tertiary alicyclic amines) is 1. The second-order valence-corrected chi connectivity index (χ2v) is 7.60. The van der Waals surface area contributed by atoms with Gasteiger partial charge in [0.05, 0.1) is 0 Å². The van der Waals surface area contributed by atoms with E-state index in [2.05, 4.69) is 55.3 Å². The molecule has 0 bridgehead atoms. The van der Waals surface area contributed by atoms with E-state index >= 15 is 0 Å². The molecule has 1 N–H and O–H groups in total. The van der Waals surface area contributed by atoms with Gasteiger partial charge >= 0.3 is 0 Å². The number of fused-ring (bicyclic) bond motifs is 1. The highest BCUT2D eigenvalue weighted by atomic mass is 15.2. The molecule has 110 valence electrons. The van der Waals surface area contributed by atoms with E-state index in [0.29, 0.717) is 0 Å². The molecule has 2 aliphatic rings. The molecule has 1 aromatic carbocycles. The molecule has 1 aromatic rings. The van der Waals surface area contributed by atoms with Crippen molar-refractivity contribution in [3.05, 3.63) is 35.4 Å². The second kappa shape index (κ2) is 5.50. The van der Waals surface area contributed by atoms with Crippen LogP contribution in [0.3, 0.4) is 0 Å². The minimum absolute atomic E-state index is 0.255. The van der Waals surface area contributed by atoms with E-state index in [1.165, 1.54) is 43.6 Å². The number of hydrogen-bond donors (Lipinski definition) is 1. The smallest absolute Gasteiger partial charge is 0.0235 e. The van der Waals surface area contributed by atoms with Crippen LogP contribution in [-0.4, -0.2) is 30.6 Å². The van der Waals surface area contributed by atoms with Gasteiger partial charge in [0.15, 0.2) is 0 Å². The summed E-state index contributed by atoms with van der Waals surface area (Å²) in [5.41, 5.74) is 3.14. The fourth-order valence-electron chi connectivity index (χ4n) is 3.63. The predicted molar refractivity (Wildman–Crippen MR) is 84.9 cm³/mol. The zero-order valence-corrected chi connectivity index (χ0v) is 13.2. The Labute approximate surface area is 123 Å². The van der Waals surface area contributed by atoms with Crippen molar-refractivity contribution in [2.45, 2.75) is 51.6 Å². The van der Waals surface area contributed by atoms with E-state index in [4.69, 9.17) is 0 Å². The van der Waals surface area contributed by atoms with Crippen molar-refractivity contribution < 1.29 is 0 Å². The second-order valence-electron chi connectivity index (χ2n) is 7.60. The molecule has 2 nitrogen and oxygen atoms in total. The Morgan fingerprint density at radius 3 is 2.55 bits per heavy atom. The molecule has 2 aliphatic heterocycles. The minimum atomic E-state index is 0.255. The first-order chi connectivity index (χ1) is 9.52. The number of nitrogens with zero attached hydrogens (tertiary/aromatic N) is 1. The van der Waals surface area contributed by atoms with Gasteiger partial charge in [-0.2, -0.15) is 0 Å². The van der Waals surface area contributed by atoms with Crippen molar-refractivity contribution >= 4 is 0 Å². The molecule has 2 heteroatoms. The summed E-state index contributed by atoms with van der Waals surface area (Å²) in [6, 6.07) is 9.98. The monoisotopic (exact) mass is 272 g/mol. The van der Waals surface area contributed by atoms with E-state index in [0.717, 1.165) is 18.5 Å². The summed E-state index contributed by atoms with van der Waals surface area (Å²) >= 11 is 0. The van der Waals surface area contributed by atoms with Crippen LogP contribution in [0.25, 0.3) is 0 Å². The Morgan fingerprint density at radius 2 is 1.90 bits per heavy atom. The van der Waals surface area contributed by atoms with E-state index in [9.17, 15) is 0 Å². The lowest BCUT2D eigenvalue weighted by Crippen LogP contribution is -2.40. The van der Waals surface area contributed by atoms with Crippen molar-refractivity contribution in [3.8, 4) is 0 Å². The molecule has 0 aliphatic carbocycles. The largest absolute Gasteiger partial charge is 0.312 e. The Morgan fingerprint density at radius 1 is 1.15 bits per heavy atom. The first-order valence-electron chi connectivity index (χ1n) is 8.07. The number of benzene rings is 1. The molecule has 0 amide bonds. The van der Waals surface area contributed by atoms with Crippen LogP contribution in [0.1, 0.15) is 44.7 Å². The zero-order valence-electron chi connectivity index (χ0n) is 13.2. The van der Waals surface area contributed by atoms with Crippen LogP contribution in [0, 0.1) is 5.92 Å². The molecule has 2 fully saturated rings. The molecule has 0 aromatic heterocycles. The number of nitrogens with one attached hydrogen (secondary N) is 1. The highest BCUT2D eigenvalue weighted by molar-refractivity contribution is 5.27. The molecule has 2 unspecified atom stereocenters. The van der Waals surface area contributed by atoms with Gasteiger partial charge in [-0.1, -0.05) is 45.0 Å². The first kappa shape index (κ1) is 14.1. The van der Waals surface area contributed by atoms with Gasteiger partial charge in [-0.3, -0.25) is 4.90 Å². The van der Waals surface area contributed by atoms with Crippen molar-refractivity contribution in [1.29, 1.82) is 0 Å². The van der Waals surface area contributed by atoms with Gasteiger partial charge in [0.25, 0.3) is 0 Å². The highest BCUT2D eigenvalue weighted by Gasteiger charge is 2.33. The van der Waals surface area contributed by atoms with Crippen molar-refractivity contribution in [2.75, 3.05) is 19.6 Å². The number of piperidine rings is 1. The molecule has 2 atom stereocenters. The lowest BCUT2D eigenvalue weighted by molar-refractivity contribution is 0.312. The van der Waals surface area contributed by atoms with Crippen LogP contribution in [0.4, 0.5) is 0 Å². The summed E-state index contributed by atoms with van der Waals surface area (Å²) < 4.78 is 0. The number of hydrogen-bond acceptors (Lipinski definition) is 2. The van der Waals surface area contributed by atoms with Gasteiger partial charge in [0.1, 0.15) is 0 Å². The Bertz CT molecular complexity index is 429. The predicted octanol–water partition coefficient (Wildman–Crippen LogP) is 3.17. The maximum atomic E-state index is 3.68. The Hall–Kier alpha value is -0.860. The third-order valence-corrected chi connectivity index (χ3v) is 4.90. The zero-order chi connectivity index (χ0) is 14.2. The average Bonchev–Trinajstić information content (AvgIpc) is 2.80. The molecule has 2 saturated heterocycles. The first-order valence-corrected chi connectivity index (χ1v) is 8.07. The third kappa shape index (κ3) is 3.07. The van der Waals surface area contributed by atoms with Crippen molar-refractivity contribution in [1.82, 2.24) is 10.2 Å². The maximum Gasteiger partial charge on any atom is 0.0235 e. The van der Waals surface area contributed by atoms with E-state index in [1.54, 1.807) is 0 Å². The van der Waals surface area contributed by atoms with Gasteiger partial charge < -0.3 is 5.32 Å². The highest BCUT2D eigenvalue weighted by Crippen LogP contribution is 2.27. The van der Waals surface area contributed by atoms with E-state index in [-0.39, 0.29) is 5.41 Å². The van der Waals surface area contributed by atoms with Crippen LogP contribution in [0.15, 0.2) is 24.3 Å². The number of rotatable bonds is 2. The van der Waals surface area contributed by atoms with Gasteiger partial charge in [0, 0.05) is 25.7 Å². The minimum Gasteiger partial charge on any atom is -0.312 e. The normalized spacial score (nSPS) is 27.6. The molecular formula is C18H28N2. The van der Waals surface area contributed by atoms with Gasteiger partial charge in [-0.25, -0.2) is 0 Å². The fourth-order valence-corrected chi connectivity index (χ4v) is 3.63. The van der Waals surface area contributed by atoms with Crippen LogP contribution in [0.5, 0.6) is 0 Å². The third-order valence-electron chi connectivity index (χ3n) is 4.90. The fraction of sp³-hybridized carbons (Fsp3) is 0.667. The van der Waals surface area contributed by atoms with Crippen LogP contribution < -0.4 is 5.32 Å². The Balaban J connectivity index is 1.61. The van der Waals surface area contributed by atoms with Gasteiger partial charge in [-0.05, 0) is 41.8 Å². The summed E-state index contributed by atoms with van der Waals surface area (Å²) in [6.45, 7) is 11.7. The molecule has 0 radical (unpaired) electrons. The Kier molecular flexibility index (Phi) is 3.87. The van der Waals surface area contributed by atoms with Crippen LogP contribution in [-0.2, 0) is 12.0 Å². The molecule has 0 saturated carbocycles. The topological polar surface area (TPSA) is 15.3 Å². The van der Waals surface area contributed by atoms with Crippen LogP contribution >= 0.6 is 0 Å². The standard InChI is InChI=1S/C18H28N2/c1-18(2,3)16-8-6-14(7-9-16)11-20-12-15-5-4-10-19-17(15)13-20/h6-9,15,17,19H,4-5,10-13H2,1-3H3. The summed E-state index contributed by atoms with van der Waals surface area (Å²) in [6.07, 6.45) is 2.77. The van der Waals surface area contributed by atoms with Crippen molar-refractivity contribution in [2.24, 2.45) is 5.92 Å². The maximum absolute atomic E-state index is 3.68. The molecule has 2 heterocycles. The molecule has 20 heavy (non-hydrogen) atoms. The summed E-state index contributed by atoms with van der Waals surface area (Å²) in [7, 11) is 0. The summed E-state index contributed by atoms with van der Waals surface area (Å²) in [5.74, 6) is 0.887. The van der Waals surface area contributed by atoms with Gasteiger partial charge in [0.2, 0.25) is 0 Å². The molecular weight excluding hydrogens is 244 g/mol. The lowest BCUT2D eigenvalue weighted by atomic mass is 9.87. The van der Waals surface area contributed by atoms with Crippen LogP contribution in [0.2, 0.25) is 0 Å². The SMILES string of the molecule is CC(C)(C)c1ccc(CN2CC3CCCNC3C2)cc1. The quantitative estimate of drug-likeness (QED) is 0.889. The molecule has 0 spiro atoms. The molecule has 3 rings (SSSR count). The summed E-state index contributed by atoms with van der Waals surface area (Å²) in [4.78, 5) is 2.62. The summed E-state index contributed by atoms with van der Waals surface area (Å²) in [5, 5.41) is 3.68. The van der Waals surface area contributed by atoms with E-state index in [1.807, 2.05) is 0 Å². The van der Waals surface area contributed by atoms with Crippen molar-refractivity contribution in [3.63, 3.8) is 0 Å². The van der Waals surface area contributed by atoms with Gasteiger partial charge in [-0.15, -0.1) is 0 Å². The average molecular weight is 272 g/mol.